The van der Waals surface area contributed by atoms with Gasteiger partial charge in [-0.05, 0) is 59.7 Å². The molecular weight excluding hydrogens is 838 g/mol. The van der Waals surface area contributed by atoms with Gasteiger partial charge < -0.3 is 4.57 Å². The third kappa shape index (κ3) is 7.77. The smallest absolute Gasteiger partial charge is 0.308 e. The standard InChI is InChI=1S/C58H35F3N6/c59-58(60,61)44-32-47(51-34-49(39-15-5-1-6-16-39)63-56(65-51)41-19-9-3-10-20-41)55(48(33-44)52-35-50(40-17-7-2-8-18-40)64-57(66-52)42-21-11-4-12-22-42)67-53-24-14-13-23-45(53)46-30-29-43(31-54(46)67)38-27-25-37(36-62)26-28-38/h1-35H. The van der Waals surface area contributed by atoms with Crippen LogP contribution in [0.3, 0.4) is 0 Å². The molecule has 0 aliphatic heterocycles. The van der Waals surface area contributed by atoms with Crippen molar-refractivity contribution in [3.63, 3.8) is 0 Å². The predicted molar refractivity (Wildman–Crippen MR) is 260 cm³/mol. The molecule has 318 valence electrons. The first-order valence-electron chi connectivity index (χ1n) is 21.6. The van der Waals surface area contributed by atoms with E-state index in [1.165, 1.54) is 12.1 Å². The lowest BCUT2D eigenvalue weighted by atomic mass is 9.95. The second-order valence-electron chi connectivity index (χ2n) is 16.1. The van der Waals surface area contributed by atoms with E-state index >= 15 is 13.2 Å². The largest absolute Gasteiger partial charge is 0.416 e. The van der Waals surface area contributed by atoms with Crippen LogP contribution in [-0.2, 0) is 6.18 Å². The summed E-state index contributed by atoms with van der Waals surface area (Å²) in [6.45, 7) is 0. The zero-order valence-corrected chi connectivity index (χ0v) is 35.5. The van der Waals surface area contributed by atoms with Crippen LogP contribution in [0, 0.1) is 11.3 Å². The van der Waals surface area contributed by atoms with Crippen molar-refractivity contribution in [3.8, 4) is 90.7 Å². The molecule has 0 unspecified atom stereocenters. The molecule has 0 fully saturated rings. The van der Waals surface area contributed by atoms with E-state index in [2.05, 4.69) is 12.1 Å². The first-order valence-corrected chi connectivity index (χ1v) is 21.6. The molecule has 11 rings (SSSR count). The third-order valence-corrected chi connectivity index (χ3v) is 11.9. The van der Waals surface area contributed by atoms with Crippen molar-refractivity contribution in [3.05, 3.63) is 223 Å². The van der Waals surface area contributed by atoms with Gasteiger partial charge in [-0.1, -0.05) is 164 Å². The average molecular weight is 873 g/mol. The van der Waals surface area contributed by atoms with Crippen molar-refractivity contribution in [2.24, 2.45) is 0 Å². The molecule has 8 aromatic carbocycles. The Morgan fingerprint density at radius 1 is 0.388 bits per heavy atom. The Balaban J connectivity index is 1.31. The van der Waals surface area contributed by atoms with E-state index in [0.717, 1.165) is 44.1 Å². The SMILES string of the molecule is N#Cc1ccc(-c2ccc3c4ccccc4n(-c4c(-c5cc(-c6ccccc6)nc(-c6ccccc6)n5)cc(C(F)(F)F)cc4-c4cc(-c5ccccc5)nc(-c5ccccc5)n4)c3c2)cc1. The minimum Gasteiger partial charge on any atom is -0.308 e. The maximum absolute atomic E-state index is 15.7. The molecule has 0 saturated carbocycles. The summed E-state index contributed by atoms with van der Waals surface area (Å²) < 4.78 is 49.3. The Bertz CT molecular complexity index is 3400. The molecule has 0 spiro atoms. The lowest BCUT2D eigenvalue weighted by Gasteiger charge is -2.22. The minimum absolute atomic E-state index is 0.217. The van der Waals surface area contributed by atoms with E-state index in [0.29, 0.717) is 45.4 Å². The monoisotopic (exact) mass is 872 g/mol. The van der Waals surface area contributed by atoms with Gasteiger partial charge in [0, 0.05) is 44.2 Å². The minimum atomic E-state index is -4.78. The quantitative estimate of drug-likeness (QED) is 0.152. The maximum Gasteiger partial charge on any atom is 0.416 e. The number of benzene rings is 8. The molecule has 11 aromatic rings. The zero-order chi connectivity index (χ0) is 45.5. The Morgan fingerprint density at radius 2 is 0.821 bits per heavy atom. The van der Waals surface area contributed by atoms with E-state index in [-0.39, 0.29) is 22.5 Å². The molecular formula is C58H35F3N6. The highest BCUT2D eigenvalue weighted by atomic mass is 19.4. The van der Waals surface area contributed by atoms with Crippen molar-refractivity contribution in [2.45, 2.75) is 6.18 Å². The molecule has 0 N–H and O–H groups in total. The van der Waals surface area contributed by atoms with Gasteiger partial charge in [-0.3, -0.25) is 0 Å². The molecule has 0 bridgehead atoms. The fourth-order valence-corrected chi connectivity index (χ4v) is 8.67. The van der Waals surface area contributed by atoms with Crippen molar-refractivity contribution in [1.82, 2.24) is 24.5 Å². The van der Waals surface area contributed by atoms with Crippen LogP contribution in [0.25, 0.3) is 106 Å². The number of rotatable bonds is 8. The highest BCUT2D eigenvalue weighted by Crippen LogP contribution is 2.46. The molecule has 6 nitrogen and oxygen atoms in total. The molecule has 0 amide bonds. The highest BCUT2D eigenvalue weighted by Gasteiger charge is 2.35. The van der Waals surface area contributed by atoms with Gasteiger partial charge in [0.05, 0.1) is 56.7 Å². The van der Waals surface area contributed by atoms with Crippen LogP contribution in [0.2, 0.25) is 0 Å². The molecule has 3 aromatic heterocycles. The van der Waals surface area contributed by atoms with E-state index in [9.17, 15) is 5.26 Å². The van der Waals surface area contributed by atoms with Crippen LogP contribution in [0.5, 0.6) is 0 Å². The van der Waals surface area contributed by atoms with Gasteiger partial charge >= 0.3 is 6.18 Å². The number of alkyl halides is 3. The van der Waals surface area contributed by atoms with Crippen LogP contribution in [0.1, 0.15) is 11.1 Å². The average Bonchev–Trinajstić information content (AvgIpc) is 3.72. The summed E-state index contributed by atoms with van der Waals surface area (Å²) in [5, 5.41) is 11.4. The number of para-hydroxylation sites is 1. The summed E-state index contributed by atoms with van der Waals surface area (Å²) in [6, 6.07) is 67.5. The number of hydrogen-bond acceptors (Lipinski definition) is 5. The molecule has 0 saturated heterocycles. The number of hydrogen-bond donors (Lipinski definition) is 0. The fraction of sp³-hybridized carbons (Fsp3) is 0.0172. The summed E-state index contributed by atoms with van der Waals surface area (Å²) >= 11 is 0. The van der Waals surface area contributed by atoms with Crippen molar-refractivity contribution in [2.75, 3.05) is 0 Å². The van der Waals surface area contributed by atoms with E-state index in [4.69, 9.17) is 19.9 Å². The van der Waals surface area contributed by atoms with Crippen molar-refractivity contribution < 1.29 is 13.2 Å². The third-order valence-electron chi connectivity index (χ3n) is 11.9. The molecule has 0 aliphatic rings. The molecule has 9 heteroatoms. The summed E-state index contributed by atoms with van der Waals surface area (Å²) in [5.74, 6) is 0.707. The van der Waals surface area contributed by atoms with Crippen LogP contribution >= 0.6 is 0 Å². The Hall–Kier alpha value is -9.00. The zero-order valence-electron chi connectivity index (χ0n) is 35.5. The van der Waals surface area contributed by atoms with Gasteiger partial charge in [-0.25, -0.2) is 19.9 Å². The molecule has 3 heterocycles. The first-order chi connectivity index (χ1) is 32.8. The first kappa shape index (κ1) is 40.8. The normalized spacial score (nSPS) is 11.5. The summed E-state index contributed by atoms with van der Waals surface area (Å²) in [4.78, 5) is 20.3. The van der Waals surface area contributed by atoms with Gasteiger partial charge in [0.15, 0.2) is 11.6 Å². The van der Waals surface area contributed by atoms with Crippen molar-refractivity contribution in [1.29, 1.82) is 5.26 Å². The topological polar surface area (TPSA) is 80.3 Å². The molecule has 0 atom stereocenters. The lowest BCUT2D eigenvalue weighted by molar-refractivity contribution is -0.137. The fourth-order valence-electron chi connectivity index (χ4n) is 8.67. The Morgan fingerprint density at radius 3 is 1.31 bits per heavy atom. The van der Waals surface area contributed by atoms with Crippen LogP contribution in [0.15, 0.2) is 212 Å². The number of fused-ring (bicyclic) bond motifs is 3. The number of nitrogens with zero attached hydrogens (tertiary/aromatic N) is 6. The van der Waals surface area contributed by atoms with Crippen molar-refractivity contribution >= 4 is 21.8 Å². The summed E-state index contributed by atoms with van der Waals surface area (Å²) in [7, 11) is 0. The van der Waals surface area contributed by atoms with Crippen LogP contribution in [-0.4, -0.2) is 24.5 Å². The number of nitriles is 1. The molecule has 0 radical (unpaired) electrons. The van der Waals surface area contributed by atoms with Gasteiger partial charge in [0.2, 0.25) is 0 Å². The van der Waals surface area contributed by atoms with Gasteiger partial charge in [0.1, 0.15) is 0 Å². The highest BCUT2D eigenvalue weighted by molar-refractivity contribution is 6.11. The van der Waals surface area contributed by atoms with Gasteiger partial charge in [0.25, 0.3) is 0 Å². The molecule has 67 heavy (non-hydrogen) atoms. The maximum atomic E-state index is 15.7. The lowest BCUT2D eigenvalue weighted by Crippen LogP contribution is -2.10. The Labute approximate surface area is 383 Å². The second-order valence-corrected chi connectivity index (χ2v) is 16.1. The van der Waals surface area contributed by atoms with Crippen LogP contribution in [0.4, 0.5) is 13.2 Å². The van der Waals surface area contributed by atoms with Gasteiger partial charge in [-0.2, -0.15) is 18.4 Å². The Kier molecular flexibility index (Phi) is 10.2. The van der Waals surface area contributed by atoms with E-state index in [1.54, 1.807) is 24.3 Å². The predicted octanol–water partition coefficient (Wildman–Crippen LogP) is 14.9. The summed E-state index contributed by atoms with van der Waals surface area (Å²) in [6.07, 6.45) is -4.78. The van der Waals surface area contributed by atoms with E-state index in [1.807, 2.05) is 174 Å². The number of halogens is 3. The van der Waals surface area contributed by atoms with Gasteiger partial charge in [-0.15, -0.1) is 0 Å². The second kappa shape index (κ2) is 16.8. The number of aromatic nitrogens is 5. The summed E-state index contributed by atoms with van der Waals surface area (Å²) in [5.41, 5.74) is 8.36. The van der Waals surface area contributed by atoms with E-state index < -0.39 is 11.7 Å². The molecule has 0 aliphatic carbocycles. The van der Waals surface area contributed by atoms with Crippen LogP contribution < -0.4 is 0 Å².